The molecule has 1 aliphatic rings. The van der Waals surface area contributed by atoms with E-state index in [1.807, 2.05) is 35.1 Å². The second-order valence-electron chi connectivity index (χ2n) is 4.96. The highest BCUT2D eigenvalue weighted by Crippen LogP contribution is 2.29. The van der Waals surface area contributed by atoms with Crippen LogP contribution in [0.1, 0.15) is 35.7 Å². The van der Waals surface area contributed by atoms with Gasteiger partial charge in [-0.2, -0.15) is 10.4 Å². The van der Waals surface area contributed by atoms with Crippen LogP contribution < -0.4 is 5.73 Å². The van der Waals surface area contributed by atoms with Gasteiger partial charge in [-0.25, -0.2) is 4.68 Å². The molecule has 0 saturated heterocycles. The molecule has 19 heavy (non-hydrogen) atoms. The fourth-order valence-corrected chi connectivity index (χ4v) is 2.66. The third-order valence-electron chi connectivity index (χ3n) is 3.69. The summed E-state index contributed by atoms with van der Waals surface area (Å²) in [5.41, 5.74) is 10.6. The Balaban J connectivity index is 1.96. The van der Waals surface area contributed by atoms with E-state index in [0.717, 1.165) is 30.5 Å². The molecule has 0 aliphatic heterocycles. The molecule has 3 rings (SSSR count). The largest absolute Gasteiger partial charge is 0.324 e. The maximum atomic E-state index is 8.68. The van der Waals surface area contributed by atoms with Crippen molar-refractivity contribution in [1.29, 1.82) is 5.26 Å². The number of hydrogen-bond acceptors (Lipinski definition) is 3. The van der Waals surface area contributed by atoms with Crippen molar-refractivity contribution < 1.29 is 0 Å². The van der Waals surface area contributed by atoms with E-state index in [1.165, 1.54) is 11.3 Å². The Morgan fingerprint density at radius 2 is 2.16 bits per heavy atom. The predicted molar refractivity (Wildman–Crippen MR) is 72.7 cm³/mol. The Labute approximate surface area is 112 Å². The molecule has 0 bridgehead atoms. The minimum atomic E-state index is 0.121. The van der Waals surface area contributed by atoms with Crippen LogP contribution in [-0.2, 0) is 12.8 Å². The van der Waals surface area contributed by atoms with Crippen molar-refractivity contribution in [3.63, 3.8) is 0 Å². The minimum Gasteiger partial charge on any atom is -0.324 e. The Bertz CT molecular complexity index is 619. The topological polar surface area (TPSA) is 67.6 Å². The molecule has 96 valence electrons. The molecule has 0 amide bonds. The zero-order chi connectivity index (χ0) is 13.2. The molecule has 0 radical (unpaired) electrons. The van der Waals surface area contributed by atoms with Crippen LogP contribution in [0.4, 0.5) is 0 Å². The second-order valence-corrected chi connectivity index (χ2v) is 4.96. The standard InChI is InChI=1S/C15H16N4/c16-9-8-11-4-6-12(7-5-11)19-15-3-1-2-14(17)13(15)10-18-19/h4-7,10,14H,1-3,8,17H2. The fraction of sp³-hybridized carbons (Fsp3) is 0.333. The van der Waals surface area contributed by atoms with Crippen LogP contribution in [0.3, 0.4) is 0 Å². The molecule has 4 nitrogen and oxygen atoms in total. The van der Waals surface area contributed by atoms with Gasteiger partial charge >= 0.3 is 0 Å². The van der Waals surface area contributed by atoms with Crippen molar-refractivity contribution in [2.75, 3.05) is 0 Å². The third-order valence-corrected chi connectivity index (χ3v) is 3.69. The van der Waals surface area contributed by atoms with E-state index in [9.17, 15) is 0 Å². The normalized spacial score (nSPS) is 17.8. The highest BCUT2D eigenvalue weighted by molar-refractivity contribution is 5.39. The van der Waals surface area contributed by atoms with E-state index in [-0.39, 0.29) is 6.04 Å². The maximum Gasteiger partial charge on any atom is 0.0669 e. The molecule has 1 aromatic carbocycles. The van der Waals surface area contributed by atoms with E-state index >= 15 is 0 Å². The molecule has 1 unspecified atom stereocenters. The summed E-state index contributed by atoms with van der Waals surface area (Å²) in [7, 11) is 0. The highest BCUT2D eigenvalue weighted by Gasteiger charge is 2.21. The van der Waals surface area contributed by atoms with Gasteiger partial charge in [0.1, 0.15) is 0 Å². The van der Waals surface area contributed by atoms with Gasteiger partial charge in [0.05, 0.1) is 24.4 Å². The average Bonchev–Trinajstić information content (AvgIpc) is 2.85. The van der Waals surface area contributed by atoms with Crippen molar-refractivity contribution in [3.8, 4) is 11.8 Å². The average molecular weight is 252 g/mol. The summed E-state index contributed by atoms with van der Waals surface area (Å²) in [6.45, 7) is 0. The summed E-state index contributed by atoms with van der Waals surface area (Å²) in [4.78, 5) is 0. The smallest absolute Gasteiger partial charge is 0.0669 e. The third kappa shape index (κ3) is 2.13. The quantitative estimate of drug-likeness (QED) is 0.891. The monoisotopic (exact) mass is 252 g/mol. The summed E-state index contributed by atoms with van der Waals surface area (Å²) < 4.78 is 1.98. The van der Waals surface area contributed by atoms with E-state index < -0.39 is 0 Å². The Morgan fingerprint density at radius 3 is 2.89 bits per heavy atom. The number of benzene rings is 1. The lowest BCUT2D eigenvalue weighted by Gasteiger charge is -2.19. The molecule has 1 aliphatic carbocycles. The van der Waals surface area contributed by atoms with Crippen LogP contribution in [0.15, 0.2) is 30.5 Å². The van der Waals surface area contributed by atoms with Gasteiger partial charge in [-0.3, -0.25) is 0 Å². The van der Waals surface area contributed by atoms with Gasteiger partial charge in [-0.05, 0) is 37.0 Å². The molecular formula is C15H16N4. The van der Waals surface area contributed by atoms with Crippen LogP contribution >= 0.6 is 0 Å². The summed E-state index contributed by atoms with van der Waals surface area (Å²) in [6.07, 6.45) is 5.53. The maximum absolute atomic E-state index is 8.68. The molecule has 0 fully saturated rings. The minimum absolute atomic E-state index is 0.121. The predicted octanol–water partition coefficient (Wildman–Crippen LogP) is 2.27. The highest BCUT2D eigenvalue weighted by atomic mass is 15.3. The summed E-state index contributed by atoms with van der Waals surface area (Å²) >= 11 is 0. The molecule has 2 aromatic rings. The Kier molecular flexibility index (Phi) is 3.06. The van der Waals surface area contributed by atoms with Gasteiger partial charge in [0, 0.05) is 17.3 Å². The molecule has 0 spiro atoms. The lowest BCUT2D eigenvalue weighted by molar-refractivity contribution is 0.558. The van der Waals surface area contributed by atoms with Gasteiger partial charge in [0.25, 0.3) is 0 Å². The number of aromatic nitrogens is 2. The molecule has 1 aromatic heterocycles. The first kappa shape index (κ1) is 11.9. The molecule has 1 atom stereocenters. The van der Waals surface area contributed by atoms with Crippen LogP contribution in [0.5, 0.6) is 0 Å². The van der Waals surface area contributed by atoms with Gasteiger partial charge in [-0.15, -0.1) is 0 Å². The Morgan fingerprint density at radius 1 is 1.37 bits per heavy atom. The fourth-order valence-electron chi connectivity index (χ4n) is 2.66. The van der Waals surface area contributed by atoms with E-state index in [1.54, 1.807) is 0 Å². The lowest BCUT2D eigenvalue weighted by atomic mass is 9.94. The van der Waals surface area contributed by atoms with Gasteiger partial charge in [0.15, 0.2) is 0 Å². The van der Waals surface area contributed by atoms with Crippen LogP contribution in [0, 0.1) is 11.3 Å². The van der Waals surface area contributed by atoms with Crippen molar-refractivity contribution in [2.24, 2.45) is 5.73 Å². The van der Waals surface area contributed by atoms with Gasteiger partial charge in [-0.1, -0.05) is 12.1 Å². The molecular weight excluding hydrogens is 236 g/mol. The van der Waals surface area contributed by atoms with Crippen molar-refractivity contribution in [2.45, 2.75) is 31.7 Å². The summed E-state index contributed by atoms with van der Waals surface area (Å²) in [5, 5.41) is 13.1. The van der Waals surface area contributed by atoms with Crippen LogP contribution in [-0.4, -0.2) is 9.78 Å². The van der Waals surface area contributed by atoms with Crippen molar-refractivity contribution in [3.05, 3.63) is 47.3 Å². The summed E-state index contributed by atoms with van der Waals surface area (Å²) in [6, 6.07) is 10.3. The number of fused-ring (bicyclic) bond motifs is 1. The number of nitriles is 1. The number of nitrogens with two attached hydrogens (primary N) is 1. The first-order chi connectivity index (χ1) is 9.29. The lowest BCUT2D eigenvalue weighted by Crippen LogP contribution is -2.17. The molecule has 1 heterocycles. The van der Waals surface area contributed by atoms with E-state index in [0.29, 0.717) is 6.42 Å². The first-order valence-electron chi connectivity index (χ1n) is 6.58. The van der Waals surface area contributed by atoms with Crippen molar-refractivity contribution in [1.82, 2.24) is 9.78 Å². The Hall–Kier alpha value is -2.12. The molecule has 0 saturated carbocycles. The number of nitrogens with zero attached hydrogens (tertiary/aromatic N) is 3. The van der Waals surface area contributed by atoms with Crippen LogP contribution in [0.2, 0.25) is 0 Å². The zero-order valence-corrected chi connectivity index (χ0v) is 10.7. The summed E-state index contributed by atoms with van der Waals surface area (Å²) in [5.74, 6) is 0. The van der Waals surface area contributed by atoms with E-state index in [4.69, 9.17) is 11.0 Å². The number of rotatable bonds is 2. The second kappa shape index (κ2) is 4.87. The van der Waals surface area contributed by atoms with Gasteiger partial charge in [0.2, 0.25) is 0 Å². The van der Waals surface area contributed by atoms with Crippen LogP contribution in [0.25, 0.3) is 5.69 Å². The molecule has 4 heteroatoms. The van der Waals surface area contributed by atoms with Gasteiger partial charge < -0.3 is 5.73 Å². The first-order valence-corrected chi connectivity index (χ1v) is 6.58. The number of hydrogen-bond donors (Lipinski definition) is 1. The molecule has 2 N–H and O–H groups in total. The SMILES string of the molecule is N#CCc1ccc(-n2ncc3c2CCCC3N)cc1. The van der Waals surface area contributed by atoms with Crippen molar-refractivity contribution >= 4 is 0 Å². The zero-order valence-electron chi connectivity index (χ0n) is 10.7. The van der Waals surface area contributed by atoms with E-state index in [2.05, 4.69) is 11.2 Å².